The molecule has 0 atom stereocenters. The number of hydrazine groups is 1. The van der Waals surface area contributed by atoms with Crippen molar-refractivity contribution in [3.05, 3.63) is 24.0 Å². The number of hydrogen-bond acceptors (Lipinski definition) is 5. The van der Waals surface area contributed by atoms with Gasteiger partial charge in [-0.05, 0) is 18.6 Å². The van der Waals surface area contributed by atoms with Crippen LogP contribution in [0.25, 0.3) is 0 Å². The minimum absolute atomic E-state index is 0.130. The number of hydrogen-bond donors (Lipinski definition) is 2. The molecular weight excluding hydrogens is 220 g/mol. The standard InChI is InChI=1S/C11H14N4O2/c12-14-8-4-5-13-9(6-8)7-15-10(16)2-1-3-11(15)17/h4-6H,1-3,7,12H2,(H,13,14). The van der Waals surface area contributed by atoms with Gasteiger partial charge in [-0.2, -0.15) is 0 Å². The number of nitrogens with zero attached hydrogens (tertiary/aromatic N) is 2. The Morgan fingerprint density at radius 1 is 1.35 bits per heavy atom. The zero-order valence-electron chi connectivity index (χ0n) is 9.35. The number of anilines is 1. The van der Waals surface area contributed by atoms with E-state index in [0.29, 0.717) is 30.6 Å². The molecule has 2 amide bonds. The zero-order valence-corrected chi connectivity index (χ0v) is 9.35. The molecule has 1 aromatic heterocycles. The summed E-state index contributed by atoms with van der Waals surface area (Å²) in [6, 6.07) is 3.43. The van der Waals surface area contributed by atoms with E-state index in [-0.39, 0.29) is 18.4 Å². The van der Waals surface area contributed by atoms with Crippen molar-refractivity contribution in [3.8, 4) is 0 Å². The lowest BCUT2D eigenvalue weighted by molar-refractivity contribution is -0.148. The highest BCUT2D eigenvalue weighted by Gasteiger charge is 2.26. The molecule has 0 spiro atoms. The van der Waals surface area contributed by atoms with E-state index in [9.17, 15) is 9.59 Å². The van der Waals surface area contributed by atoms with Crippen LogP contribution in [0.1, 0.15) is 25.0 Å². The number of nitrogens with one attached hydrogen (secondary N) is 1. The first-order valence-electron chi connectivity index (χ1n) is 5.45. The molecule has 2 heterocycles. The van der Waals surface area contributed by atoms with Crippen molar-refractivity contribution in [1.29, 1.82) is 0 Å². The minimum atomic E-state index is -0.130. The topological polar surface area (TPSA) is 88.3 Å². The number of nitrogens with two attached hydrogens (primary N) is 1. The molecule has 0 aliphatic carbocycles. The number of pyridine rings is 1. The van der Waals surface area contributed by atoms with Crippen molar-refractivity contribution in [1.82, 2.24) is 9.88 Å². The molecule has 90 valence electrons. The summed E-state index contributed by atoms with van der Waals surface area (Å²) in [5, 5.41) is 0. The summed E-state index contributed by atoms with van der Waals surface area (Å²) in [4.78, 5) is 28.6. The third-order valence-corrected chi connectivity index (χ3v) is 2.69. The summed E-state index contributed by atoms with van der Waals surface area (Å²) in [5.74, 6) is 5.02. The number of amides is 2. The van der Waals surface area contributed by atoms with Crippen LogP contribution in [0.4, 0.5) is 5.69 Å². The molecule has 1 aromatic rings. The average molecular weight is 234 g/mol. The van der Waals surface area contributed by atoms with Gasteiger partial charge in [0.15, 0.2) is 0 Å². The monoisotopic (exact) mass is 234 g/mol. The third kappa shape index (κ3) is 2.59. The largest absolute Gasteiger partial charge is 0.324 e. The molecule has 2 rings (SSSR count). The van der Waals surface area contributed by atoms with Gasteiger partial charge in [0.1, 0.15) is 0 Å². The number of rotatable bonds is 3. The molecule has 1 fully saturated rings. The predicted molar refractivity (Wildman–Crippen MR) is 61.5 cm³/mol. The number of aromatic nitrogens is 1. The fourth-order valence-electron chi connectivity index (χ4n) is 1.79. The number of nitrogen functional groups attached to an aromatic ring is 1. The van der Waals surface area contributed by atoms with Crippen LogP contribution < -0.4 is 11.3 Å². The first-order valence-corrected chi connectivity index (χ1v) is 5.45. The van der Waals surface area contributed by atoms with Crippen LogP contribution in [0.2, 0.25) is 0 Å². The summed E-state index contributed by atoms with van der Waals surface area (Å²) in [5.41, 5.74) is 3.84. The highest BCUT2D eigenvalue weighted by molar-refractivity contribution is 5.97. The summed E-state index contributed by atoms with van der Waals surface area (Å²) < 4.78 is 0. The van der Waals surface area contributed by atoms with Gasteiger partial charge >= 0.3 is 0 Å². The Hall–Kier alpha value is -1.95. The van der Waals surface area contributed by atoms with Crippen LogP contribution in [0.15, 0.2) is 18.3 Å². The van der Waals surface area contributed by atoms with E-state index in [1.54, 1.807) is 18.3 Å². The highest BCUT2D eigenvalue weighted by Crippen LogP contribution is 2.16. The molecule has 6 heteroatoms. The van der Waals surface area contributed by atoms with E-state index in [4.69, 9.17) is 5.84 Å². The van der Waals surface area contributed by atoms with Gasteiger partial charge in [-0.1, -0.05) is 0 Å². The van der Waals surface area contributed by atoms with Crippen LogP contribution in [-0.2, 0) is 16.1 Å². The van der Waals surface area contributed by atoms with Crippen molar-refractivity contribution in [2.75, 3.05) is 5.43 Å². The van der Waals surface area contributed by atoms with Crippen molar-refractivity contribution in [2.24, 2.45) is 5.84 Å². The molecule has 1 saturated heterocycles. The molecule has 0 saturated carbocycles. The molecule has 3 N–H and O–H groups in total. The molecule has 1 aliphatic rings. The van der Waals surface area contributed by atoms with E-state index < -0.39 is 0 Å². The van der Waals surface area contributed by atoms with Crippen molar-refractivity contribution >= 4 is 17.5 Å². The number of piperidine rings is 1. The van der Waals surface area contributed by atoms with E-state index in [1.807, 2.05) is 0 Å². The maximum absolute atomic E-state index is 11.6. The molecule has 1 aliphatic heterocycles. The van der Waals surface area contributed by atoms with E-state index >= 15 is 0 Å². The SMILES string of the molecule is NNc1ccnc(CN2C(=O)CCCC2=O)c1. The second kappa shape index (κ2) is 4.92. The Morgan fingerprint density at radius 2 is 2.06 bits per heavy atom. The second-order valence-electron chi connectivity index (χ2n) is 3.91. The van der Waals surface area contributed by atoms with Crippen LogP contribution in [-0.4, -0.2) is 21.7 Å². The molecule has 0 radical (unpaired) electrons. The minimum Gasteiger partial charge on any atom is -0.324 e. The lowest BCUT2D eigenvalue weighted by Crippen LogP contribution is -2.39. The molecular formula is C11H14N4O2. The number of carbonyl (C=O) groups is 2. The van der Waals surface area contributed by atoms with Crippen LogP contribution in [0.3, 0.4) is 0 Å². The highest BCUT2D eigenvalue weighted by atomic mass is 16.2. The number of imide groups is 1. The summed E-state index contributed by atoms with van der Waals surface area (Å²) >= 11 is 0. The van der Waals surface area contributed by atoms with Crippen molar-refractivity contribution in [3.63, 3.8) is 0 Å². The maximum Gasteiger partial charge on any atom is 0.229 e. The summed E-state index contributed by atoms with van der Waals surface area (Å²) in [7, 11) is 0. The predicted octanol–water partition coefficient (Wildman–Crippen LogP) is 0.406. The van der Waals surface area contributed by atoms with Crippen LogP contribution in [0, 0.1) is 0 Å². The fourth-order valence-corrected chi connectivity index (χ4v) is 1.79. The molecule has 6 nitrogen and oxygen atoms in total. The number of likely N-dealkylation sites (tertiary alicyclic amines) is 1. The van der Waals surface area contributed by atoms with Gasteiger partial charge in [0.2, 0.25) is 11.8 Å². The van der Waals surface area contributed by atoms with E-state index in [0.717, 1.165) is 0 Å². The fraction of sp³-hybridized carbons (Fsp3) is 0.364. The second-order valence-corrected chi connectivity index (χ2v) is 3.91. The average Bonchev–Trinajstić information content (AvgIpc) is 2.34. The van der Waals surface area contributed by atoms with Gasteiger partial charge in [-0.25, -0.2) is 0 Å². The maximum atomic E-state index is 11.6. The number of carbonyl (C=O) groups excluding carboxylic acids is 2. The van der Waals surface area contributed by atoms with E-state index in [1.165, 1.54) is 4.90 Å². The Labute approximate surface area is 98.8 Å². The third-order valence-electron chi connectivity index (χ3n) is 2.69. The summed E-state index contributed by atoms with van der Waals surface area (Å²) in [6.45, 7) is 0.215. The Kier molecular flexibility index (Phi) is 3.34. The van der Waals surface area contributed by atoms with Crippen molar-refractivity contribution in [2.45, 2.75) is 25.8 Å². The first-order chi connectivity index (χ1) is 8.20. The molecule has 17 heavy (non-hydrogen) atoms. The smallest absolute Gasteiger partial charge is 0.229 e. The Bertz CT molecular complexity index is 431. The normalized spacial score (nSPS) is 16.2. The van der Waals surface area contributed by atoms with Gasteiger partial charge in [-0.3, -0.25) is 25.3 Å². The van der Waals surface area contributed by atoms with Gasteiger partial charge in [0.05, 0.1) is 17.9 Å². The first kappa shape index (κ1) is 11.5. The zero-order chi connectivity index (χ0) is 12.3. The van der Waals surface area contributed by atoms with Gasteiger partial charge in [0, 0.05) is 19.0 Å². The van der Waals surface area contributed by atoms with Crippen LogP contribution in [0.5, 0.6) is 0 Å². The van der Waals surface area contributed by atoms with Gasteiger partial charge < -0.3 is 5.43 Å². The van der Waals surface area contributed by atoms with Gasteiger partial charge in [-0.15, -0.1) is 0 Å². The summed E-state index contributed by atoms with van der Waals surface area (Å²) in [6.07, 6.45) is 3.09. The Balaban J connectivity index is 2.13. The van der Waals surface area contributed by atoms with Crippen molar-refractivity contribution < 1.29 is 9.59 Å². The quantitative estimate of drug-likeness (QED) is 0.449. The molecule has 0 bridgehead atoms. The van der Waals surface area contributed by atoms with E-state index in [2.05, 4.69) is 10.4 Å². The molecule has 0 unspecified atom stereocenters. The lowest BCUT2D eigenvalue weighted by atomic mass is 10.1. The Morgan fingerprint density at radius 3 is 2.71 bits per heavy atom. The lowest BCUT2D eigenvalue weighted by Gasteiger charge is -2.24. The van der Waals surface area contributed by atoms with Crippen LogP contribution >= 0.6 is 0 Å². The molecule has 0 aromatic carbocycles. The van der Waals surface area contributed by atoms with Gasteiger partial charge in [0.25, 0.3) is 0 Å².